The van der Waals surface area contributed by atoms with E-state index in [-0.39, 0.29) is 5.84 Å². The van der Waals surface area contributed by atoms with Crippen molar-refractivity contribution in [2.45, 2.75) is 11.8 Å². The van der Waals surface area contributed by atoms with Gasteiger partial charge in [-0.1, -0.05) is 12.1 Å². The number of fused-ring (bicyclic) bond motifs is 1. The third kappa shape index (κ3) is 1.22. The van der Waals surface area contributed by atoms with E-state index in [9.17, 15) is 14.9 Å². The maximum atomic E-state index is 13.6. The summed E-state index contributed by atoms with van der Waals surface area (Å²) in [5.41, 5.74) is 3.59. The zero-order chi connectivity index (χ0) is 16.2. The van der Waals surface area contributed by atoms with Gasteiger partial charge in [-0.25, -0.2) is 9.38 Å². The largest absolute Gasteiger partial charge is 0.386 e. The van der Waals surface area contributed by atoms with Crippen LogP contribution in [0.4, 0.5) is 4.39 Å². The van der Waals surface area contributed by atoms with Crippen molar-refractivity contribution in [2.75, 3.05) is 14.2 Å². The first-order chi connectivity index (χ1) is 10.5. The van der Waals surface area contributed by atoms with Gasteiger partial charge in [-0.2, -0.15) is 10.5 Å². The second kappa shape index (κ2) is 4.26. The van der Waals surface area contributed by atoms with Crippen LogP contribution in [-0.4, -0.2) is 26.0 Å². The van der Waals surface area contributed by atoms with E-state index >= 15 is 0 Å². The molecule has 1 heterocycles. The lowest BCUT2D eigenvalue weighted by atomic mass is 9.93. The summed E-state index contributed by atoms with van der Waals surface area (Å²) in [5.74, 6) is -2.85. The average Bonchev–Trinajstić information content (AvgIpc) is 3.11. The predicted octanol–water partition coefficient (Wildman–Crippen LogP) is 1.26. The number of ether oxygens (including phenoxy) is 2. The highest BCUT2D eigenvalue weighted by atomic mass is 19.1. The molecule has 3 atom stereocenters. The molecule has 0 amide bonds. The molecule has 2 aliphatic rings. The smallest absolute Gasteiger partial charge is 0.292 e. The molecule has 0 aromatic heterocycles. The van der Waals surface area contributed by atoms with Crippen LogP contribution < -0.4 is 5.73 Å². The average molecular weight is 300 g/mol. The molecule has 1 fully saturated rings. The van der Waals surface area contributed by atoms with E-state index in [0.717, 1.165) is 0 Å². The van der Waals surface area contributed by atoms with Crippen molar-refractivity contribution in [1.29, 1.82) is 10.5 Å². The van der Waals surface area contributed by atoms with Crippen molar-refractivity contribution in [3.05, 3.63) is 35.6 Å². The number of aliphatic imine (C=N–C) groups is 1. The molecule has 0 spiro atoms. The first-order valence-electron chi connectivity index (χ1n) is 6.53. The van der Waals surface area contributed by atoms with Crippen LogP contribution in [0.3, 0.4) is 0 Å². The first-order valence-corrected chi connectivity index (χ1v) is 6.53. The summed E-state index contributed by atoms with van der Waals surface area (Å²) in [7, 11) is 2.65. The Balaban J connectivity index is 2.26. The summed E-state index contributed by atoms with van der Waals surface area (Å²) in [6.45, 7) is 0. The van der Waals surface area contributed by atoms with Crippen molar-refractivity contribution in [3.63, 3.8) is 0 Å². The highest BCUT2D eigenvalue weighted by molar-refractivity contribution is 6.00. The van der Waals surface area contributed by atoms with Gasteiger partial charge in [-0.15, -0.1) is 0 Å². The van der Waals surface area contributed by atoms with Crippen LogP contribution in [-0.2, 0) is 9.47 Å². The van der Waals surface area contributed by atoms with Crippen molar-refractivity contribution >= 4 is 5.84 Å². The standard InChI is InChI=1S/C15H13FN4O2/c1-21-15(22-2)14(8-18)11(9-4-3-5-10(16)6-9)13(14,7-17)12(19)20-15/h3-6,11H,1-2H3,(H2,19,20)/t11-,13-,14+/m0/s1. The van der Waals surface area contributed by atoms with Crippen LogP contribution in [0, 0.1) is 39.3 Å². The van der Waals surface area contributed by atoms with Gasteiger partial charge in [-0.05, 0) is 17.7 Å². The zero-order valence-electron chi connectivity index (χ0n) is 12.0. The van der Waals surface area contributed by atoms with Gasteiger partial charge < -0.3 is 15.2 Å². The summed E-state index contributed by atoms with van der Waals surface area (Å²) in [6, 6.07) is 9.93. The highest BCUT2D eigenvalue weighted by Gasteiger charge is 2.93. The number of rotatable bonds is 3. The second-order valence-electron chi connectivity index (χ2n) is 5.31. The fourth-order valence-electron chi connectivity index (χ4n) is 3.71. The molecule has 2 N–H and O–H groups in total. The van der Waals surface area contributed by atoms with Crippen LogP contribution in [0.25, 0.3) is 0 Å². The minimum atomic E-state index is -1.68. The Bertz CT molecular complexity index is 762. The van der Waals surface area contributed by atoms with Crippen molar-refractivity contribution in [3.8, 4) is 12.1 Å². The molecule has 0 radical (unpaired) electrons. The van der Waals surface area contributed by atoms with Gasteiger partial charge in [0.1, 0.15) is 17.1 Å². The van der Waals surface area contributed by atoms with Crippen LogP contribution in [0.15, 0.2) is 29.3 Å². The van der Waals surface area contributed by atoms with E-state index in [4.69, 9.17) is 15.2 Å². The summed E-state index contributed by atoms with van der Waals surface area (Å²) in [5, 5.41) is 19.5. The Labute approximate surface area is 126 Å². The zero-order valence-corrected chi connectivity index (χ0v) is 12.0. The van der Waals surface area contributed by atoms with Gasteiger partial charge in [0, 0.05) is 20.1 Å². The number of benzene rings is 1. The minimum Gasteiger partial charge on any atom is -0.386 e. The van der Waals surface area contributed by atoms with Crippen molar-refractivity contribution in [2.24, 2.45) is 21.6 Å². The van der Waals surface area contributed by atoms with E-state index in [1.165, 1.54) is 32.4 Å². The Morgan fingerprint density at radius 1 is 1.27 bits per heavy atom. The van der Waals surface area contributed by atoms with Crippen molar-refractivity contribution < 1.29 is 13.9 Å². The third-order valence-corrected chi connectivity index (χ3v) is 4.66. The molecule has 3 rings (SSSR count). The van der Waals surface area contributed by atoms with Crippen LogP contribution in [0.1, 0.15) is 11.5 Å². The lowest BCUT2D eigenvalue weighted by Crippen LogP contribution is -2.41. The number of nitriles is 2. The number of methoxy groups -OCH3 is 2. The molecule has 1 aromatic carbocycles. The number of hydrogen-bond acceptors (Lipinski definition) is 6. The molecular weight excluding hydrogens is 287 g/mol. The summed E-state index contributed by atoms with van der Waals surface area (Å²) < 4.78 is 24.2. The van der Waals surface area contributed by atoms with E-state index in [2.05, 4.69) is 17.1 Å². The molecule has 0 unspecified atom stereocenters. The van der Waals surface area contributed by atoms with Crippen LogP contribution in [0.2, 0.25) is 0 Å². The van der Waals surface area contributed by atoms with Gasteiger partial charge in [0.15, 0.2) is 5.41 Å². The molecule has 6 nitrogen and oxygen atoms in total. The number of amidine groups is 1. The van der Waals surface area contributed by atoms with Gasteiger partial charge in [0.25, 0.3) is 5.91 Å². The maximum Gasteiger partial charge on any atom is 0.292 e. The molecule has 1 aliphatic carbocycles. The highest BCUT2D eigenvalue weighted by Crippen LogP contribution is 2.81. The molecule has 1 aliphatic heterocycles. The Morgan fingerprint density at radius 3 is 2.45 bits per heavy atom. The Kier molecular flexibility index (Phi) is 2.80. The van der Waals surface area contributed by atoms with Gasteiger partial charge in [0.05, 0.1) is 12.1 Å². The molecule has 7 heteroatoms. The molecule has 22 heavy (non-hydrogen) atoms. The summed E-state index contributed by atoms with van der Waals surface area (Å²) >= 11 is 0. The summed E-state index contributed by atoms with van der Waals surface area (Å²) in [4.78, 5) is 4.08. The normalized spacial score (nSPS) is 34.2. The van der Waals surface area contributed by atoms with Crippen LogP contribution >= 0.6 is 0 Å². The first kappa shape index (κ1) is 14.5. The van der Waals surface area contributed by atoms with E-state index in [1.807, 2.05) is 0 Å². The van der Waals surface area contributed by atoms with Crippen molar-refractivity contribution in [1.82, 2.24) is 0 Å². The second-order valence-corrected chi connectivity index (χ2v) is 5.31. The molecule has 1 aromatic rings. The molecule has 1 saturated carbocycles. The fourth-order valence-corrected chi connectivity index (χ4v) is 3.71. The SMILES string of the molecule is COC1(OC)N=C(N)[C@]2(C#N)[C@H](c3cccc(F)c3)[C@@]12C#N. The predicted molar refractivity (Wildman–Crippen MR) is 73.6 cm³/mol. The van der Waals surface area contributed by atoms with Gasteiger partial charge in [0.2, 0.25) is 0 Å². The fraction of sp³-hybridized carbons (Fsp3) is 0.400. The van der Waals surface area contributed by atoms with Crippen LogP contribution in [0.5, 0.6) is 0 Å². The molecule has 112 valence electrons. The maximum absolute atomic E-state index is 13.6. The molecular formula is C15H13FN4O2. The number of halogens is 1. The molecule has 0 saturated heterocycles. The quantitative estimate of drug-likeness (QED) is 0.846. The monoisotopic (exact) mass is 300 g/mol. The molecule has 0 bridgehead atoms. The lowest BCUT2D eigenvalue weighted by molar-refractivity contribution is -0.230. The number of hydrogen-bond donors (Lipinski definition) is 1. The Hall–Kier alpha value is -2.48. The topological polar surface area (TPSA) is 104 Å². The number of nitrogens with two attached hydrogens (primary N) is 1. The number of nitrogens with zero attached hydrogens (tertiary/aromatic N) is 3. The lowest BCUT2D eigenvalue weighted by Gasteiger charge is -2.29. The minimum absolute atomic E-state index is 0.0329. The van der Waals surface area contributed by atoms with E-state index in [1.54, 1.807) is 6.07 Å². The third-order valence-electron chi connectivity index (χ3n) is 4.66. The van der Waals surface area contributed by atoms with E-state index in [0.29, 0.717) is 5.56 Å². The van der Waals surface area contributed by atoms with E-state index < -0.39 is 28.5 Å². The van der Waals surface area contributed by atoms with Gasteiger partial charge >= 0.3 is 0 Å². The Morgan fingerprint density at radius 2 is 1.95 bits per heavy atom. The van der Waals surface area contributed by atoms with Gasteiger partial charge in [-0.3, -0.25) is 0 Å². The summed E-state index contributed by atoms with van der Waals surface area (Å²) in [6.07, 6.45) is 0.